The van der Waals surface area contributed by atoms with Crippen LogP contribution in [0.15, 0.2) is 36.4 Å². The molecule has 9 heteroatoms. The predicted molar refractivity (Wildman–Crippen MR) is 168 cm³/mol. The summed E-state index contributed by atoms with van der Waals surface area (Å²) in [6, 6.07) is 8.61. The topological polar surface area (TPSA) is 113 Å². The molecule has 5 rings (SSSR count). The highest BCUT2D eigenvalue weighted by Crippen LogP contribution is 2.43. The van der Waals surface area contributed by atoms with E-state index in [1.54, 1.807) is 6.92 Å². The Bertz CT molecular complexity index is 1370. The zero-order chi connectivity index (χ0) is 30.7. The molecule has 232 valence electrons. The number of hydrogen-bond acceptors (Lipinski definition) is 6. The van der Waals surface area contributed by atoms with Crippen LogP contribution in [-0.2, 0) is 19.1 Å². The van der Waals surface area contributed by atoms with Crippen molar-refractivity contribution >= 4 is 34.7 Å². The van der Waals surface area contributed by atoms with Gasteiger partial charge in [-0.15, -0.1) is 0 Å². The van der Waals surface area contributed by atoms with Gasteiger partial charge in [-0.25, -0.2) is 5.43 Å². The Morgan fingerprint density at radius 2 is 1.65 bits per heavy atom. The minimum Gasteiger partial charge on any atom is -0.364 e. The molecule has 3 heterocycles. The van der Waals surface area contributed by atoms with Crippen molar-refractivity contribution in [2.75, 3.05) is 6.54 Å². The standard InChI is InChI=1S/C34H47N5O4/c1-21(2)30-32(41)36-23(4)33(42)39-19-9-10-28(38-39)31(40)35-22(3)27-14-13-26-12-11-25(20-29(26)37-27)15-18-34(24(5)43-30)16-7-6-8-17-34/h11-15,18,20-24,28,30,38H,6-10,16-17,19H2,1-5H3,(H,35,40)(H,36,41)/t22-,23+,24?,28?,30+/m1/s1. The van der Waals surface area contributed by atoms with Gasteiger partial charge in [-0.2, -0.15) is 0 Å². The second-order valence-electron chi connectivity index (χ2n) is 13.0. The molecule has 2 unspecified atom stereocenters. The van der Waals surface area contributed by atoms with Crippen LogP contribution in [0.1, 0.15) is 96.9 Å². The molecule has 1 saturated heterocycles. The fourth-order valence-corrected chi connectivity index (χ4v) is 6.67. The van der Waals surface area contributed by atoms with Gasteiger partial charge in [0.2, 0.25) is 11.8 Å². The highest BCUT2D eigenvalue weighted by atomic mass is 16.5. The lowest BCUT2D eigenvalue weighted by molar-refractivity contribution is -0.151. The highest BCUT2D eigenvalue weighted by Gasteiger charge is 2.40. The summed E-state index contributed by atoms with van der Waals surface area (Å²) in [7, 11) is 0. The average Bonchev–Trinajstić information content (AvgIpc) is 3.01. The number of carbonyl (C=O) groups is 3. The molecule has 5 atom stereocenters. The van der Waals surface area contributed by atoms with Crippen LogP contribution < -0.4 is 16.1 Å². The Morgan fingerprint density at radius 1 is 0.930 bits per heavy atom. The molecular weight excluding hydrogens is 542 g/mol. The molecule has 1 saturated carbocycles. The van der Waals surface area contributed by atoms with E-state index in [9.17, 15) is 14.4 Å². The SMILES string of the molecule is CC(C)[C@@H]1OC(C)C2(C=Cc3ccc4ccc(nc4c3)[C@@H](C)NC(=O)C3CCCN(N3)C(=O)[C@H](C)NC1=O)CCCCC2. The first-order valence-electron chi connectivity index (χ1n) is 16.0. The van der Waals surface area contributed by atoms with Crippen molar-refractivity contribution in [3.63, 3.8) is 0 Å². The predicted octanol–water partition coefficient (Wildman–Crippen LogP) is 4.82. The number of nitrogens with one attached hydrogen (secondary N) is 3. The minimum absolute atomic E-state index is 0.0834. The van der Waals surface area contributed by atoms with E-state index in [-0.39, 0.29) is 41.2 Å². The van der Waals surface area contributed by atoms with Crippen LogP contribution >= 0.6 is 0 Å². The number of aromatic nitrogens is 1. The van der Waals surface area contributed by atoms with E-state index in [1.165, 1.54) is 11.4 Å². The molecule has 43 heavy (non-hydrogen) atoms. The van der Waals surface area contributed by atoms with Gasteiger partial charge in [0.1, 0.15) is 18.2 Å². The highest BCUT2D eigenvalue weighted by molar-refractivity contribution is 5.90. The van der Waals surface area contributed by atoms with Gasteiger partial charge in [0.05, 0.1) is 23.4 Å². The van der Waals surface area contributed by atoms with E-state index in [1.807, 2.05) is 32.9 Å². The van der Waals surface area contributed by atoms with Crippen LogP contribution in [0.2, 0.25) is 0 Å². The van der Waals surface area contributed by atoms with Crippen LogP contribution in [0.4, 0.5) is 0 Å². The molecule has 1 aliphatic carbocycles. The van der Waals surface area contributed by atoms with Gasteiger partial charge >= 0.3 is 0 Å². The Kier molecular flexibility index (Phi) is 9.51. The van der Waals surface area contributed by atoms with Crippen LogP contribution in [0.5, 0.6) is 0 Å². The third-order valence-electron chi connectivity index (χ3n) is 9.45. The van der Waals surface area contributed by atoms with E-state index < -0.39 is 18.2 Å². The second-order valence-corrected chi connectivity index (χ2v) is 13.0. The molecule has 1 aromatic carbocycles. The average molecular weight is 590 g/mol. The van der Waals surface area contributed by atoms with Crippen LogP contribution in [0.3, 0.4) is 0 Å². The largest absolute Gasteiger partial charge is 0.364 e. The molecule has 3 aliphatic rings. The van der Waals surface area contributed by atoms with Crippen molar-refractivity contribution in [3.05, 3.63) is 47.7 Å². The number of carbonyl (C=O) groups excluding carboxylic acids is 3. The molecule has 3 amide bonds. The quantitative estimate of drug-likeness (QED) is 0.440. The number of ether oxygens (including phenoxy) is 1. The van der Waals surface area contributed by atoms with Gasteiger partial charge < -0.3 is 15.4 Å². The summed E-state index contributed by atoms with van der Waals surface area (Å²) in [6.45, 7) is 10.1. The summed E-state index contributed by atoms with van der Waals surface area (Å²) < 4.78 is 6.62. The third kappa shape index (κ3) is 6.93. The maximum absolute atomic E-state index is 13.6. The van der Waals surface area contributed by atoms with Crippen LogP contribution in [0.25, 0.3) is 17.0 Å². The van der Waals surface area contributed by atoms with Crippen molar-refractivity contribution in [1.29, 1.82) is 0 Å². The maximum atomic E-state index is 13.6. The summed E-state index contributed by atoms with van der Waals surface area (Å²) in [5, 5.41) is 8.49. The van der Waals surface area contributed by atoms with E-state index >= 15 is 0 Å². The molecule has 5 bridgehead atoms. The van der Waals surface area contributed by atoms with Crippen molar-refractivity contribution < 1.29 is 19.1 Å². The number of benzene rings is 1. The lowest BCUT2D eigenvalue weighted by Crippen LogP contribution is -2.61. The van der Waals surface area contributed by atoms with Gasteiger partial charge in [0.25, 0.3) is 5.91 Å². The van der Waals surface area contributed by atoms with E-state index in [0.717, 1.165) is 47.8 Å². The summed E-state index contributed by atoms with van der Waals surface area (Å²) in [5.74, 6) is -0.844. The fraction of sp³-hybridized carbons (Fsp3) is 0.588. The van der Waals surface area contributed by atoms with Crippen molar-refractivity contribution in [2.24, 2.45) is 11.3 Å². The first kappa shape index (κ1) is 31.1. The van der Waals surface area contributed by atoms with Gasteiger partial charge in [-0.05, 0) is 70.1 Å². The van der Waals surface area contributed by atoms with Crippen molar-refractivity contribution in [3.8, 4) is 0 Å². The molecular formula is C34H47N5O4. The first-order chi connectivity index (χ1) is 20.6. The van der Waals surface area contributed by atoms with Crippen LogP contribution in [0, 0.1) is 11.3 Å². The number of hydrogen-bond donors (Lipinski definition) is 3. The van der Waals surface area contributed by atoms with E-state index in [0.29, 0.717) is 19.4 Å². The Balaban J connectivity index is 1.52. The van der Waals surface area contributed by atoms with Crippen molar-refractivity contribution in [2.45, 2.75) is 110 Å². The normalized spacial score (nSPS) is 29.1. The summed E-state index contributed by atoms with van der Waals surface area (Å²) >= 11 is 0. The maximum Gasteiger partial charge on any atom is 0.258 e. The van der Waals surface area contributed by atoms with E-state index in [2.05, 4.69) is 53.3 Å². The zero-order valence-electron chi connectivity index (χ0n) is 26.2. The molecule has 2 aliphatic heterocycles. The molecule has 9 nitrogen and oxygen atoms in total. The van der Waals surface area contributed by atoms with Gasteiger partial charge in [0, 0.05) is 17.3 Å². The summed E-state index contributed by atoms with van der Waals surface area (Å²) in [4.78, 5) is 45.1. The third-order valence-corrected chi connectivity index (χ3v) is 9.45. The molecule has 2 aromatic rings. The zero-order valence-corrected chi connectivity index (χ0v) is 26.2. The van der Waals surface area contributed by atoms with Crippen molar-refractivity contribution in [1.82, 2.24) is 26.1 Å². The van der Waals surface area contributed by atoms with Crippen LogP contribution in [-0.4, -0.2) is 58.6 Å². The summed E-state index contributed by atoms with van der Waals surface area (Å²) in [6.07, 6.45) is 10.2. The van der Waals surface area contributed by atoms with E-state index in [4.69, 9.17) is 9.72 Å². The Morgan fingerprint density at radius 3 is 2.40 bits per heavy atom. The first-order valence-corrected chi connectivity index (χ1v) is 16.0. The molecule has 1 spiro atoms. The molecule has 3 N–H and O–H groups in total. The smallest absolute Gasteiger partial charge is 0.258 e. The number of pyridine rings is 1. The Labute approximate surface area is 255 Å². The number of nitrogens with zero attached hydrogens (tertiary/aromatic N) is 2. The fourth-order valence-electron chi connectivity index (χ4n) is 6.67. The Hall–Kier alpha value is -3.30. The lowest BCUT2D eigenvalue weighted by atomic mass is 9.70. The number of rotatable bonds is 1. The van der Waals surface area contributed by atoms with Gasteiger partial charge in [-0.1, -0.05) is 63.5 Å². The molecule has 2 fully saturated rings. The van der Waals surface area contributed by atoms with Gasteiger partial charge in [-0.3, -0.25) is 24.4 Å². The van der Waals surface area contributed by atoms with Gasteiger partial charge in [0.15, 0.2) is 0 Å². The molecule has 0 radical (unpaired) electrons. The monoisotopic (exact) mass is 589 g/mol. The molecule has 1 aromatic heterocycles. The minimum atomic E-state index is -0.777. The number of fused-ring (bicyclic) bond motifs is 4. The number of amides is 3. The second kappa shape index (κ2) is 13.1. The number of hydrazine groups is 1. The summed E-state index contributed by atoms with van der Waals surface area (Å²) in [5.41, 5.74) is 5.59. The lowest BCUT2D eigenvalue weighted by Gasteiger charge is -2.41.